The van der Waals surface area contributed by atoms with Gasteiger partial charge in [0.25, 0.3) is 11.8 Å². The second-order valence-corrected chi connectivity index (χ2v) is 4.36. The van der Waals surface area contributed by atoms with Gasteiger partial charge in [0.2, 0.25) is 0 Å². The van der Waals surface area contributed by atoms with E-state index in [0.29, 0.717) is 5.56 Å². The number of carbonyl (C=O) groups is 2. The van der Waals surface area contributed by atoms with Crippen LogP contribution in [0.25, 0.3) is 0 Å². The molecule has 1 heterocycles. The van der Waals surface area contributed by atoms with Gasteiger partial charge in [-0.3, -0.25) is 14.9 Å². The molecular formula is C13H14N2O3. The van der Waals surface area contributed by atoms with Crippen LogP contribution >= 0.6 is 0 Å². The lowest BCUT2D eigenvalue weighted by molar-refractivity contribution is -0.124. The van der Waals surface area contributed by atoms with Crippen LogP contribution in [0.5, 0.6) is 0 Å². The number of nitrogens with zero attached hydrogens (tertiary/aromatic N) is 1. The average molecular weight is 246 g/mol. The minimum atomic E-state index is -0.577. The van der Waals surface area contributed by atoms with Gasteiger partial charge in [-0.25, -0.2) is 0 Å². The number of amides is 2. The molecule has 94 valence electrons. The summed E-state index contributed by atoms with van der Waals surface area (Å²) in [6.07, 6.45) is -0.577. The van der Waals surface area contributed by atoms with Crippen molar-refractivity contribution in [2.24, 2.45) is 10.9 Å². The van der Waals surface area contributed by atoms with Gasteiger partial charge in [-0.2, -0.15) is 4.99 Å². The number of amidine groups is 1. The van der Waals surface area contributed by atoms with Gasteiger partial charge in [-0.15, -0.1) is 0 Å². The van der Waals surface area contributed by atoms with Crippen LogP contribution in [0.2, 0.25) is 0 Å². The molecule has 18 heavy (non-hydrogen) atoms. The van der Waals surface area contributed by atoms with Gasteiger partial charge in [0.15, 0.2) is 6.10 Å². The van der Waals surface area contributed by atoms with Gasteiger partial charge in [0.1, 0.15) is 0 Å². The topological polar surface area (TPSA) is 67.8 Å². The average Bonchev–Trinajstić information content (AvgIpc) is 2.71. The van der Waals surface area contributed by atoms with Gasteiger partial charge in [-0.05, 0) is 18.1 Å². The third kappa shape index (κ3) is 2.56. The lowest BCUT2D eigenvalue weighted by Crippen LogP contribution is -2.28. The Bertz CT molecular complexity index is 494. The minimum Gasteiger partial charge on any atom is -0.451 e. The highest BCUT2D eigenvalue weighted by Crippen LogP contribution is 2.12. The maximum atomic E-state index is 11.8. The highest BCUT2D eigenvalue weighted by atomic mass is 16.5. The number of rotatable bonds is 2. The minimum absolute atomic E-state index is 0.0208. The van der Waals surface area contributed by atoms with Crippen LogP contribution in [0.15, 0.2) is 35.3 Å². The first kappa shape index (κ1) is 12.3. The molecule has 1 saturated heterocycles. The van der Waals surface area contributed by atoms with Crippen LogP contribution in [0.4, 0.5) is 0 Å². The van der Waals surface area contributed by atoms with E-state index in [4.69, 9.17) is 4.74 Å². The molecule has 1 aromatic rings. The Morgan fingerprint density at radius 2 is 2.00 bits per heavy atom. The monoisotopic (exact) mass is 246 g/mol. The Labute approximate surface area is 105 Å². The van der Waals surface area contributed by atoms with Crippen LogP contribution in [0.1, 0.15) is 24.2 Å². The van der Waals surface area contributed by atoms with Crippen LogP contribution in [-0.4, -0.2) is 23.9 Å². The molecule has 0 radical (unpaired) electrons. The fourth-order valence-electron chi connectivity index (χ4n) is 1.61. The number of ether oxygens (including phenoxy) is 1. The molecule has 1 aliphatic rings. The predicted octanol–water partition coefficient (Wildman–Crippen LogP) is 1.35. The van der Waals surface area contributed by atoms with Crippen molar-refractivity contribution in [1.29, 1.82) is 0 Å². The van der Waals surface area contributed by atoms with E-state index in [1.54, 1.807) is 24.3 Å². The van der Waals surface area contributed by atoms with E-state index in [1.807, 2.05) is 19.9 Å². The lowest BCUT2D eigenvalue weighted by atomic mass is 10.1. The summed E-state index contributed by atoms with van der Waals surface area (Å²) in [5.41, 5.74) is 0.454. The number of hydrogen-bond acceptors (Lipinski definition) is 3. The van der Waals surface area contributed by atoms with Crippen LogP contribution in [0, 0.1) is 5.92 Å². The maximum absolute atomic E-state index is 11.8. The summed E-state index contributed by atoms with van der Waals surface area (Å²) < 4.78 is 5.30. The molecule has 1 aliphatic heterocycles. The Morgan fingerprint density at radius 1 is 1.33 bits per heavy atom. The second-order valence-electron chi connectivity index (χ2n) is 4.36. The molecule has 0 aromatic heterocycles. The van der Waals surface area contributed by atoms with Crippen LogP contribution in [0.3, 0.4) is 0 Å². The summed E-state index contributed by atoms with van der Waals surface area (Å²) in [5.74, 6) is -0.663. The molecule has 0 bridgehead atoms. The summed E-state index contributed by atoms with van der Waals surface area (Å²) in [6, 6.07) is 8.60. The third-order valence-corrected chi connectivity index (χ3v) is 2.56. The van der Waals surface area contributed by atoms with E-state index in [1.165, 1.54) is 0 Å². The van der Waals surface area contributed by atoms with Gasteiger partial charge in [0.05, 0.1) is 0 Å². The Morgan fingerprint density at radius 3 is 2.56 bits per heavy atom. The lowest BCUT2D eigenvalue weighted by Gasteiger charge is -2.09. The quantitative estimate of drug-likeness (QED) is 0.856. The molecular weight excluding hydrogens is 232 g/mol. The molecule has 0 saturated carbocycles. The van der Waals surface area contributed by atoms with E-state index in [0.717, 1.165) is 0 Å². The Kier molecular flexibility index (Phi) is 3.41. The largest absolute Gasteiger partial charge is 0.451 e. The van der Waals surface area contributed by atoms with E-state index < -0.39 is 12.0 Å². The Balaban J connectivity index is 2.12. The summed E-state index contributed by atoms with van der Waals surface area (Å²) in [4.78, 5) is 27.0. The summed E-state index contributed by atoms with van der Waals surface area (Å²) >= 11 is 0. The first-order chi connectivity index (χ1) is 8.58. The molecule has 2 rings (SSSR count). The number of hydrogen-bond donors (Lipinski definition) is 1. The number of aliphatic imine (C=N–C) groups is 1. The molecule has 0 unspecified atom stereocenters. The van der Waals surface area contributed by atoms with Gasteiger partial charge < -0.3 is 4.74 Å². The zero-order valence-electron chi connectivity index (χ0n) is 10.2. The first-order valence-electron chi connectivity index (χ1n) is 5.73. The van der Waals surface area contributed by atoms with Crippen molar-refractivity contribution in [3.8, 4) is 0 Å². The standard InChI is InChI=1S/C13H14N2O3/c1-8(2)10-12(17)15-13(18-10)14-11(16)9-6-4-3-5-7-9/h3-8,10H,1-2H3,(H,14,15,16,17)/t10-/m1/s1. The molecule has 5 nitrogen and oxygen atoms in total. The summed E-state index contributed by atoms with van der Waals surface area (Å²) in [5, 5.41) is 2.45. The fourth-order valence-corrected chi connectivity index (χ4v) is 1.61. The molecule has 0 aliphatic carbocycles. The van der Waals surface area contributed by atoms with Crippen molar-refractivity contribution < 1.29 is 14.3 Å². The van der Waals surface area contributed by atoms with Crippen molar-refractivity contribution in [1.82, 2.24) is 5.32 Å². The first-order valence-corrected chi connectivity index (χ1v) is 5.73. The molecule has 1 N–H and O–H groups in total. The molecule has 5 heteroatoms. The zero-order valence-corrected chi connectivity index (χ0v) is 10.2. The van der Waals surface area contributed by atoms with Crippen molar-refractivity contribution >= 4 is 17.8 Å². The number of carbonyl (C=O) groups excluding carboxylic acids is 2. The summed E-state index contributed by atoms with van der Waals surface area (Å²) in [7, 11) is 0. The Hall–Kier alpha value is -2.17. The number of benzene rings is 1. The van der Waals surface area contributed by atoms with Crippen LogP contribution < -0.4 is 5.32 Å². The van der Waals surface area contributed by atoms with E-state index in [2.05, 4.69) is 10.3 Å². The predicted molar refractivity (Wildman–Crippen MR) is 66.1 cm³/mol. The van der Waals surface area contributed by atoms with E-state index >= 15 is 0 Å². The van der Waals surface area contributed by atoms with Gasteiger partial charge >= 0.3 is 6.02 Å². The molecule has 2 amide bonds. The number of nitrogens with one attached hydrogen (secondary N) is 1. The van der Waals surface area contributed by atoms with Crippen molar-refractivity contribution in [2.45, 2.75) is 20.0 Å². The molecule has 1 atom stereocenters. The van der Waals surface area contributed by atoms with Crippen molar-refractivity contribution in [3.63, 3.8) is 0 Å². The summed E-state index contributed by atoms with van der Waals surface area (Å²) in [6.45, 7) is 3.73. The maximum Gasteiger partial charge on any atom is 0.300 e. The van der Waals surface area contributed by atoms with Crippen LogP contribution in [-0.2, 0) is 9.53 Å². The third-order valence-electron chi connectivity index (χ3n) is 2.56. The van der Waals surface area contributed by atoms with Crippen molar-refractivity contribution in [3.05, 3.63) is 35.9 Å². The second kappa shape index (κ2) is 5.00. The highest BCUT2D eigenvalue weighted by molar-refractivity contribution is 6.08. The van der Waals surface area contributed by atoms with Gasteiger partial charge in [-0.1, -0.05) is 32.0 Å². The van der Waals surface area contributed by atoms with Crippen molar-refractivity contribution in [2.75, 3.05) is 0 Å². The molecule has 0 spiro atoms. The smallest absolute Gasteiger partial charge is 0.300 e. The van der Waals surface area contributed by atoms with E-state index in [9.17, 15) is 9.59 Å². The normalized spacial score (nSPS) is 20.9. The van der Waals surface area contributed by atoms with Gasteiger partial charge in [0, 0.05) is 5.56 Å². The molecule has 1 fully saturated rings. The molecule has 1 aromatic carbocycles. The van der Waals surface area contributed by atoms with E-state index in [-0.39, 0.29) is 17.8 Å². The zero-order chi connectivity index (χ0) is 13.1. The SMILES string of the molecule is CC(C)[C@H]1OC(=NC(=O)c2ccccc2)NC1=O. The fraction of sp³-hybridized carbons (Fsp3) is 0.308. The highest BCUT2D eigenvalue weighted by Gasteiger charge is 2.33.